The van der Waals surface area contributed by atoms with Gasteiger partial charge in [-0.15, -0.1) is 0 Å². The van der Waals surface area contributed by atoms with Crippen molar-refractivity contribution in [2.24, 2.45) is 0 Å². The van der Waals surface area contributed by atoms with Crippen LogP contribution in [0.4, 0.5) is 0 Å². The third-order valence-electron chi connectivity index (χ3n) is 2.00. The lowest BCUT2D eigenvalue weighted by atomic mass is 10.2. The molecule has 1 rings (SSSR count). The lowest BCUT2D eigenvalue weighted by Crippen LogP contribution is -2.40. The normalized spacial score (nSPS) is 25.3. The summed E-state index contributed by atoms with van der Waals surface area (Å²) in [5.41, 5.74) is 0. The van der Waals surface area contributed by atoms with E-state index >= 15 is 0 Å². The Balaban J connectivity index is 2.25. The Hall–Kier alpha value is -0.220. The molecule has 0 bridgehead atoms. The zero-order valence-corrected chi connectivity index (χ0v) is 8.32. The van der Waals surface area contributed by atoms with Gasteiger partial charge in [-0.3, -0.25) is 4.79 Å². The van der Waals surface area contributed by atoms with Gasteiger partial charge in [0.1, 0.15) is 6.10 Å². The van der Waals surface area contributed by atoms with Gasteiger partial charge >= 0.3 is 0 Å². The lowest BCUT2D eigenvalue weighted by molar-refractivity contribution is -0.130. The van der Waals surface area contributed by atoms with Crippen molar-refractivity contribution in [2.75, 3.05) is 18.6 Å². The number of hydrogen-bond acceptors (Lipinski definition) is 3. The molecule has 1 aliphatic heterocycles. The largest absolute Gasteiger partial charge is 0.372 e. The maximum atomic E-state index is 11.3. The summed E-state index contributed by atoms with van der Waals surface area (Å²) >= 11 is 1.89. The summed E-state index contributed by atoms with van der Waals surface area (Å²) in [5.74, 6) is 2.21. The number of amides is 1. The van der Waals surface area contributed by atoms with Gasteiger partial charge in [0.25, 0.3) is 0 Å². The van der Waals surface area contributed by atoms with Crippen molar-refractivity contribution < 1.29 is 9.53 Å². The van der Waals surface area contributed by atoms with Crippen LogP contribution in [0.2, 0.25) is 0 Å². The van der Waals surface area contributed by atoms with Crippen LogP contribution in [-0.4, -0.2) is 36.7 Å². The van der Waals surface area contributed by atoms with Crippen LogP contribution in [-0.2, 0) is 9.53 Å². The number of nitrogens with one attached hydrogen (secondary N) is 1. The first-order valence-electron chi connectivity index (χ1n) is 4.15. The minimum atomic E-state index is -0.324. The van der Waals surface area contributed by atoms with Gasteiger partial charge in [-0.05, 0) is 19.1 Å². The Morgan fingerprint density at radius 2 is 2.50 bits per heavy atom. The third-order valence-corrected chi connectivity index (χ3v) is 3.16. The van der Waals surface area contributed by atoms with E-state index in [9.17, 15) is 4.79 Å². The number of hydrogen-bond donors (Lipinski definition) is 1. The van der Waals surface area contributed by atoms with Gasteiger partial charge in [0.2, 0.25) is 5.91 Å². The Morgan fingerprint density at radius 3 is 3.00 bits per heavy atom. The van der Waals surface area contributed by atoms with Crippen molar-refractivity contribution in [1.29, 1.82) is 0 Å². The second-order valence-electron chi connectivity index (χ2n) is 2.95. The molecule has 0 aromatic carbocycles. The molecule has 1 aliphatic rings. The minimum Gasteiger partial charge on any atom is -0.372 e. The Labute approximate surface area is 77.2 Å². The second kappa shape index (κ2) is 4.72. The monoisotopic (exact) mass is 189 g/mol. The smallest absolute Gasteiger partial charge is 0.249 e. The highest BCUT2D eigenvalue weighted by atomic mass is 32.2. The summed E-state index contributed by atoms with van der Waals surface area (Å²) in [6, 6.07) is 0.361. The van der Waals surface area contributed by atoms with Crippen LogP contribution in [0, 0.1) is 0 Å². The van der Waals surface area contributed by atoms with E-state index in [2.05, 4.69) is 5.32 Å². The van der Waals surface area contributed by atoms with Crippen LogP contribution in [0.25, 0.3) is 0 Å². The Kier molecular flexibility index (Phi) is 3.88. The van der Waals surface area contributed by atoms with Gasteiger partial charge in [0.05, 0.1) is 0 Å². The van der Waals surface area contributed by atoms with Gasteiger partial charge in [-0.2, -0.15) is 11.8 Å². The quantitative estimate of drug-likeness (QED) is 0.708. The van der Waals surface area contributed by atoms with E-state index in [4.69, 9.17) is 4.74 Å². The second-order valence-corrected chi connectivity index (χ2v) is 4.10. The van der Waals surface area contributed by atoms with E-state index in [1.165, 1.54) is 0 Å². The van der Waals surface area contributed by atoms with Crippen molar-refractivity contribution in [3.63, 3.8) is 0 Å². The number of carbonyl (C=O) groups is 1. The molecule has 3 nitrogen and oxygen atoms in total. The van der Waals surface area contributed by atoms with E-state index in [0.29, 0.717) is 6.04 Å². The molecule has 0 saturated carbocycles. The molecule has 4 heteroatoms. The van der Waals surface area contributed by atoms with Crippen LogP contribution >= 0.6 is 11.8 Å². The number of methoxy groups -OCH3 is 1. The van der Waals surface area contributed by atoms with Crippen molar-refractivity contribution >= 4 is 17.7 Å². The average molecular weight is 189 g/mol. The standard InChI is InChI=1S/C8H15NO2S/c1-6(11-2)8(10)9-7-3-4-12-5-7/h6-7H,3-5H2,1-2H3,(H,9,10). The number of thioether (sulfide) groups is 1. The molecule has 0 radical (unpaired) electrons. The number of rotatable bonds is 3. The highest BCUT2D eigenvalue weighted by Gasteiger charge is 2.20. The van der Waals surface area contributed by atoms with Crippen LogP contribution in [0.1, 0.15) is 13.3 Å². The Morgan fingerprint density at radius 1 is 1.75 bits per heavy atom. The zero-order chi connectivity index (χ0) is 8.97. The summed E-state index contributed by atoms with van der Waals surface area (Å²) < 4.78 is 4.90. The molecule has 1 saturated heterocycles. The van der Waals surface area contributed by atoms with E-state index in [1.807, 2.05) is 11.8 Å². The van der Waals surface area contributed by atoms with Crippen LogP contribution < -0.4 is 5.32 Å². The van der Waals surface area contributed by atoms with Gasteiger partial charge in [0.15, 0.2) is 0 Å². The third kappa shape index (κ3) is 2.68. The van der Waals surface area contributed by atoms with Gasteiger partial charge in [-0.1, -0.05) is 0 Å². The molecule has 1 amide bonds. The van der Waals surface area contributed by atoms with E-state index in [-0.39, 0.29) is 12.0 Å². The highest BCUT2D eigenvalue weighted by molar-refractivity contribution is 7.99. The zero-order valence-electron chi connectivity index (χ0n) is 7.50. The van der Waals surface area contributed by atoms with Crippen LogP contribution in [0.15, 0.2) is 0 Å². The molecule has 0 aromatic rings. The maximum Gasteiger partial charge on any atom is 0.249 e. The summed E-state index contributed by atoms with van der Waals surface area (Å²) in [6.07, 6.45) is 0.767. The van der Waals surface area contributed by atoms with E-state index in [0.717, 1.165) is 17.9 Å². The molecular weight excluding hydrogens is 174 g/mol. The molecule has 1 N–H and O–H groups in total. The number of ether oxygens (including phenoxy) is 1. The van der Waals surface area contributed by atoms with Gasteiger partial charge < -0.3 is 10.1 Å². The van der Waals surface area contributed by atoms with Crippen molar-refractivity contribution in [2.45, 2.75) is 25.5 Å². The fraction of sp³-hybridized carbons (Fsp3) is 0.875. The van der Waals surface area contributed by atoms with Crippen molar-refractivity contribution in [3.05, 3.63) is 0 Å². The summed E-state index contributed by atoms with van der Waals surface area (Å²) in [5, 5.41) is 2.94. The molecule has 0 aliphatic carbocycles. The molecule has 70 valence electrons. The average Bonchev–Trinajstić information content (AvgIpc) is 2.55. The van der Waals surface area contributed by atoms with Crippen LogP contribution in [0.5, 0.6) is 0 Å². The van der Waals surface area contributed by atoms with Crippen LogP contribution in [0.3, 0.4) is 0 Å². The first-order valence-corrected chi connectivity index (χ1v) is 5.30. The van der Waals surface area contributed by atoms with E-state index in [1.54, 1.807) is 14.0 Å². The molecule has 12 heavy (non-hydrogen) atoms. The fourth-order valence-corrected chi connectivity index (χ4v) is 2.23. The molecule has 1 fully saturated rings. The number of carbonyl (C=O) groups excluding carboxylic acids is 1. The van der Waals surface area contributed by atoms with Gasteiger partial charge in [0, 0.05) is 18.9 Å². The summed E-state index contributed by atoms with van der Waals surface area (Å²) in [4.78, 5) is 11.3. The Bertz CT molecular complexity index is 157. The van der Waals surface area contributed by atoms with Crippen molar-refractivity contribution in [3.8, 4) is 0 Å². The first kappa shape index (κ1) is 9.86. The molecule has 0 aromatic heterocycles. The molecule has 1 heterocycles. The topological polar surface area (TPSA) is 38.3 Å². The highest BCUT2D eigenvalue weighted by Crippen LogP contribution is 2.16. The summed E-state index contributed by atoms with van der Waals surface area (Å²) in [6.45, 7) is 1.76. The first-order chi connectivity index (χ1) is 5.74. The fourth-order valence-electron chi connectivity index (χ4n) is 1.07. The lowest BCUT2D eigenvalue weighted by Gasteiger charge is -2.14. The molecule has 2 atom stereocenters. The maximum absolute atomic E-state index is 11.3. The molecule has 0 spiro atoms. The van der Waals surface area contributed by atoms with E-state index < -0.39 is 0 Å². The molecule has 2 unspecified atom stereocenters. The summed E-state index contributed by atoms with van der Waals surface area (Å²) in [7, 11) is 1.55. The minimum absolute atomic E-state index is 0.00463. The van der Waals surface area contributed by atoms with Gasteiger partial charge in [-0.25, -0.2) is 0 Å². The predicted octanol–water partition coefficient (Wildman–Crippen LogP) is 0.643. The predicted molar refractivity (Wildman–Crippen MR) is 50.3 cm³/mol. The van der Waals surface area contributed by atoms with Crippen molar-refractivity contribution in [1.82, 2.24) is 5.32 Å². The molecular formula is C8H15NO2S. The SMILES string of the molecule is COC(C)C(=O)NC1CCSC1.